The smallest absolute Gasteiger partial charge is 0.330 e. The SMILES string of the molecule is C=CC(=O)OCCCCC[N+](C)(C)CCCS(=O)(=O)O. The van der Waals surface area contributed by atoms with Crippen molar-refractivity contribution in [2.45, 2.75) is 25.7 Å². The lowest BCUT2D eigenvalue weighted by Crippen LogP contribution is -2.41. The van der Waals surface area contributed by atoms with Crippen molar-refractivity contribution in [2.24, 2.45) is 0 Å². The fourth-order valence-corrected chi connectivity index (χ4v) is 2.33. The molecule has 118 valence electrons. The molecule has 0 aromatic heterocycles. The van der Waals surface area contributed by atoms with Crippen LogP contribution in [0.25, 0.3) is 0 Å². The minimum atomic E-state index is -3.86. The van der Waals surface area contributed by atoms with Crippen molar-refractivity contribution in [3.05, 3.63) is 12.7 Å². The molecule has 0 heterocycles. The first-order valence-corrected chi connectivity index (χ1v) is 8.33. The third-order valence-corrected chi connectivity index (χ3v) is 3.79. The summed E-state index contributed by atoms with van der Waals surface area (Å²) in [4.78, 5) is 10.8. The van der Waals surface area contributed by atoms with Gasteiger partial charge in [0.1, 0.15) is 0 Å². The second-order valence-electron chi connectivity index (χ2n) is 5.45. The minimum absolute atomic E-state index is 0.188. The number of hydrogen-bond donors (Lipinski definition) is 1. The molecule has 20 heavy (non-hydrogen) atoms. The second-order valence-corrected chi connectivity index (χ2v) is 7.03. The van der Waals surface area contributed by atoms with Gasteiger partial charge in [-0.1, -0.05) is 6.58 Å². The van der Waals surface area contributed by atoms with Crippen molar-refractivity contribution in [3.63, 3.8) is 0 Å². The van der Waals surface area contributed by atoms with Gasteiger partial charge in [-0.25, -0.2) is 4.79 Å². The Morgan fingerprint density at radius 3 is 2.35 bits per heavy atom. The largest absolute Gasteiger partial charge is 0.463 e. The molecule has 0 aliphatic heterocycles. The number of hydrogen-bond acceptors (Lipinski definition) is 4. The molecular weight excluding hydrogens is 282 g/mol. The van der Waals surface area contributed by atoms with E-state index in [-0.39, 0.29) is 5.75 Å². The van der Waals surface area contributed by atoms with Gasteiger partial charge in [-0.15, -0.1) is 0 Å². The minimum Gasteiger partial charge on any atom is -0.463 e. The van der Waals surface area contributed by atoms with Crippen LogP contribution in [-0.4, -0.2) is 63.0 Å². The average Bonchev–Trinajstić information content (AvgIpc) is 2.31. The molecule has 0 spiro atoms. The van der Waals surface area contributed by atoms with E-state index in [1.807, 2.05) is 14.1 Å². The number of nitrogens with zero attached hydrogens (tertiary/aromatic N) is 1. The highest BCUT2D eigenvalue weighted by Gasteiger charge is 2.16. The van der Waals surface area contributed by atoms with Gasteiger partial charge < -0.3 is 9.22 Å². The molecule has 0 radical (unpaired) electrons. The lowest BCUT2D eigenvalue weighted by atomic mass is 10.2. The van der Waals surface area contributed by atoms with Gasteiger partial charge in [-0.3, -0.25) is 4.55 Å². The van der Waals surface area contributed by atoms with Gasteiger partial charge in [0.05, 0.1) is 39.5 Å². The number of esters is 1. The van der Waals surface area contributed by atoms with Crippen LogP contribution in [0.4, 0.5) is 0 Å². The Kier molecular flexibility index (Phi) is 8.68. The van der Waals surface area contributed by atoms with Crippen molar-refractivity contribution in [2.75, 3.05) is 39.5 Å². The Labute approximate surface area is 121 Å². The van der Waals surface area contributed by atoms with Crippen molar-refractivity contribution < 1.29 is 27.0 Å². The molecule has 0 unspecified atom stereocenters. The Morgan fingerprint density at radius 2 is 1.80 bits per heavy atom. The molecule has 0 aromatic carbocycles. The number of carbonyl (C=O) groups excluding carboxylic acids is 1. The number of carbonyl (C=O) groups is 1. The van der Waals surface area contributed by atoms with Crippen molar-refractivity contribution in [3.8, 4) is 0 Å². The van der Waals surface area contributed by atoms with E-state index in [1.54, 1.807) is 0 Å². The summed E-state index contributed by atoms with van der Waals surface area (Å²) in [5.41, 5.74) is 0. The fraction of sp³-hybridized carbons (Fsp3) is 0.769. The van der Waals surface area contributed by atoms with Crippen LogP contribution in [0, 0.1) is 0 Å². The molecule has 1 N–H and O–H groups in total. The number of unbranched alkanes of at least 4 members (excludes halogenated alkanes) is 2. The van der Waals surface area contributed by atoms with Gasteiger partial charge >= 0.3 is 5.97 Å². The molecule has 0 fully saturated rings. The zero-order valence-electron chi connectivity index (χ0n) is 12.4. The van der Waals surface area contributed by atoms with E-state index in [0.717, 1.165) is 31.9 Å². The first-order chi connectivity index (χ1) is 9.16. The zero-order chi connectivity index (χ0) is 15.6. The van der Waals surface area contributed by atoms with E-state index in [9.17, 15) is 13.2 Å². The van der Waals surface area contributed by atoms with Crippen LogP contribution in [0.15, 0.2) is 12.7 Å². The molecule has 0 bridgehead atoms. The number of quaternary nitrogens is 1. The van der Waals surface area contributed by atoms with Crippen molar-refractivity contribution in [1.82, 2.24) is 0 Å². The molecule has 7 heteroatoms. The van der Waals surface area contributed by atoms with Crippen LogP contribution in [0.3, 0.4) is 0 Å². The molecule has 0 rings (SSSR count). The number of rotatable bonds is 11. The molecule has 6 nitrogen and oxygen atoms in total. The van der Waals surface area contributed by atoms with Gasteiger partial charge in [0.15, 0.2) is 0 Å². The first kappa shape index (κ1) is 19.1. The molecular formula is C13H26NO5S+. The Bertz CT molecular complexity index is 403. The summed E-state index contributed by atoms with van der Waals surface area (Å²) >= 11 is 0. The maximum atomic E-state index is 10.8. The van der Waals surface area contributed by atoms with Crippen LogP contribution in [0.1, 0.15) is 25.7 Å². The van der Waals surface area contributed by atoms with E-state index in [2.05, 4.69) is 6.58 Å². The van der Waals surface area contributed by atoms with E-state index in [1.165, 1.54) is 0 Å². The van der Waals surface area contributed by atoms with Gasteiger partial charge in [0.2, 0.25) is 0 Å². The Hall–Kier alpha value is -0.920. The van der Waals surface area contributed by atoms with Gasteiger partial charge in [0, 0.05) is 12.5 Å². The molecule has 0 saturated heterocycles. The second kappa shape index (κ2) is 9.10. The Balaban J connectivity index is 3.66. The van der Waals surface area contributed by atoms with Crippen molar-refractivity contribution >= 4 is 16.1 Å². The van der Waals surface area contributed by atoms with Gasteiger partial charge in [-0.05, 0) is 19.3 Å². The van der Waals surface area contributed by atoms with Crippen LogP contribution in [0.2, 0.25) is 0 Å². The predicted octanol–water partition coefficient (Wildman–Crippen LogP) is 1.24. The molecule has 0 aliphatic carbocycles. The Morgan fingerprint density at radius 1 is 1.20 bits per heavy atom. The highest BCUT2D eigenvalue weighted by Crippen LogP contribution is 2.06. The van der Waals surface area contributed by atoms with E-state index >= 15 is 0 Å². The lowest BCUT2D eigenvalue weighted by Gasteiger charge is -2.29. The van der Waals surface area contributed by atoms with Crippen LogP contribution in [-0.2, 0) is 19.6 Å². The van der Waals surface area contributed by atoms with Crippen molar-refractivity contribution in [1.29, 1.82) is 0 Å². The van der Waals surface area contributed by atoms with Gasteiger partial charge in [0.25, 0.3) is 10.1 Å². The summed E-state index contributed by atoms with van der Waals surface area (Å²) in [5.74, 6) is -0.585. The topological polar surface area (TPSA) is 80.7 Å². The van der Waals surface area contributed by atoms with E-state index in [4.69, 9.17) is 9.29 Å². The zero-order valence-corrected chi connectivity index (χ0v) is 13.2. The summed E-state index contributed by atoms with van der Waals surface area (Å²) in [6, 6.07) is 0. The first-order valence-electron chi connectivity index (χ1n) is 6.73. The lowest BCUT2D eigenvalue weighted by molar-refractivity contribution is -0.890. The van der Waals surface area contributed by atoms with Crippen LogP contribution < -0.4 is 0 Å². The quantitative estimate of drug-likeness (QED) is 0.204. The maximum absolute atomic E-state index is 10.8. The fourth-order valence-electron chi connectivity index (χ4n) is 1.84. The predicted molar refractivity (Wildman–Crippen MR) is 77.9 cm³/mol. The van der Waals surface area contributed by atoms with Crippen LogP contribution in [0.5, 0.6) is 0 Å². The highest BCUT2D eigenvalue weighted by molar-refractivity contribution is 7.85. The maximum Gasteiger partial charge on any atom is 0.330 e. The van der Waals surface area contributed by atoms with Gasteiger partial charge in [-0.2, -0.15) is 8.42 Å². The van der Waals surface area contributed by atoms with Crippen LogP contribution >= 0.6 is 0 Å². The van der Waals surface area contributed by atoms with E-state index < -0.39 is 16.1 Å². The standard InChI is InChI=1S/C13H25NO5S/c1-4-13(15)19-11-7-5-6-9-14(2,3)10-8-12-20(16,17)18/h4H,1,5-12H2,2-3H3/p+1. The third kappa shape index (κ3) is 12.1. The summed E-state index contributed by atoms with van der Waals surface area (Å²) in [6.07, 6.45) is 4.33. The molecule has 0 aromatic rings. The summed E-state index contributed by atoms with van der Waals surface area (Å²) in [5, 5.41) is 0. The highest BCUT2D eigenvalue weighted by atomic mass is 32.2. The normalized spacial score (nSPS) is 12.2. The molecule has 0 amide bonds. The average molecular weight is 308 g/mol. The molecule has 0 atom stereocenters. The monoisotopic (exact) mass is 308 g/mol. The van der Waals surface area contributed by atoms with E-state index in [0.29, 0.717) is 24.1 Å². The summed E-state index contributed by atoms with van der Waals surface area (Å²) in [6.45, 7) is 5.34. The number of ether oxygens (including phenoxy) is 1. The third-order valence-electron chi connectivity index (χ3n) is 2.98. The summed E-state index contributed by atoms with van der Waals surface area (Å²) < 4.78 is 35.5. The molecule has 0 aliphatic rings. The molecule has 0 saturated carbocycles. The summed E-state index contributed by atoms with van der Waals surface area (Å²) in [7, 11) is 0.203.